The van der Waals surface area contributed by atoms with Crippen molar-refractivity contribution in [1.29, 1.82) is 0 Å². The maximum atomic E-state index is 2.27. The average molecular weight is 482 g/mol. The molecule has 0 aliphatic carbocycles. The van der Waals surface area contributed by atoms with Gasteiger partial charge in [0, 0.05) is 0 Å². The number of hydrogen-bond donors (Lipinski definition) is 0. The Labute approximate surface area is 205 Å². The van der Waals surface area contributed by atoms with Gasteiger partial charge < -0.3 is 0 Å². The maximum absolute atomic E-state index is 2.27. The molecule has 0 N–H and O–H groups in total. The summed E-state index contributed by atoms with van der Waals surface area (Å²) in [5.74, 6) is 0.608. The molecule has 0 fully saturated rings. The Morgan fingerprint density at radius 2 is 1.07 bits per heavy atom. The van der Waals surface area contributed by atoms with Gasteiger partial charge in [-0.05, 0) is 12.3 Å². The summed E-state index contributed by atoms with van der Waals surface area (Å²) in [5, 5.41) is 0. The van der Waals surface area contributed by atoms with E-state index in [2.05, 4.69) is 55.5 Å². The summed E-state index contributed by atoms with van der Waals surface area (Å²) in [5.41, 5.74) is 2.97. The van der Waals surface area contributed by atoms with Crippen LogP contribution < -0.4 is 0 Å². The largest absolute Gasteiger partial charge is 2.00 e. The molecule has 4 aromatic rings. The summed E-state index contributed by atoms with van der Waals surface area (Å²) < 4.78 is 0. The van der Waals surface area contributed by atoms with Gasteiger partial charge in [0.05, 0.1) is 0 Å². The van der Waals surface area contributed by atoms with E-state index >= 15 is 0 Å². The van der Waals surface area contributed by atoms with Crippen LogP contribution in [0.4, 0.5) is 0 Å². The molecule has 0 aliphatic rings. The van der Waals surface area contributed by atoms with Gasteiger partial charge in [-0.2, -0.15) is 71.8 Å². The molecule has 30 heavy (non-hydrogen) atoms. The van der Waals surface area contributed by atoms with Crippen molar-refractivity contribution in [2.45, 2.75) is 51.4 Å². The summed E-state index contributed by atoms with van der Waals surface area (Å²) in [6.07, 6.45) is 8.13. The third-order valence-electron chi connectivity index (χ3n) is 4.89. The number of rotatable bonds is 8. The second-order valence-corrected chi connectivity index (χ2v) is 7.12. The van der Waals surface area contributed by atoms with Crippen LogP contribution in [-0.2, 0) is 34.1 Å². The first kappa shape index (κ1) is 28.4. The van der Waals surface area contributed by atoms with E-state index in [1.54, 1.807) is 0 Å². The molecule has 162 valence electrons. The van der Waals surface area contributed by atoms with E-state index in [1.165, 1.54) is 49.7 Å². The topological polar surface area (TPSA) is 0 Å². The fourth-order valence-electron chi connectivity index (χ4n) is 3.36. The first-order valence-electron chi connectivity index (χ1n) is 10.7. The number of unbranched alkanes of at least 4 members (excludes halogenated alkanes) is 4. The van der Waals surface area contributed by atoms with E-state index in [4.69, 9.17) is 0 Å². The Kier molecular flexibility index (Phi) is 18.4. The van der Waals surface area contributed by atoms with E-state index in [1.807, 2.05) is 60.7 Å². The standard InChI is InChI=1S/C18H24.2C5H5.2Fe/c1-2-3-4-5-6-15-18(16-11-7-8-12-16)17-13-9-10-14-17;2*1-2-4-5-3-1;;/h7-14,18H,2-6,15H2,1H3;2*1-5H;;/q-2;2*-1;2*+2. The molecule has 0 nitrogen and oxygen atoms in total. The predicted molar refractivity (Wildman–Crippen MR) is 123 cm³/mol. The molecule has 0 radical (unpaired) electrons. The summed E-state index contributed by atoms with van der Waals surface area (Å²) in [6.45, 7) is 2.27. The van der Waals surface area contributed by atoms with Crippen LogP contribution in [0.25, 0.3) is 0 Å². The Bertz CT molecular complexity index is 637. The van der Waals surface area contributed by atoms with E-state index in [9.17, 15) is 0 Å². The Hall–Kier alpha value is -1.56. The molecule has 0 aromatic heterocycles. The quantitative estimate of drug-likeness (QED) is 0.134. The second-order valence-electron chi connectivity index (χ2n) is 7.12. The van der Waals surface area contributed by atoms with E-state index < -0.39 is 0 Å². The van der Waals surface area contributed by atoms with Gasteiger partial charge in [-0.25, -0.2) is 48.5 Å². The zero-order valence-electron chi connectivity index (χ0n) is 17.9. The van der Waals surface area contributed by atoms with Gasteiger partial charge >= 0.3 is 34.1 Å². The van der Waals surface area contributed by atoms with Gasteiger partial charge in [-0.3, -0.25) is 0 Å². The average Bonchev–Trinajstić information content (AvgIpc) is 3.56. The molecule has 0 aliphatic heterocycles. The molecule has 0 spiro atoms. The van der Waals surface area contributed by atoms with Crippen LogP contribution in [0, 0.1) is 0 Å². The minimum absolute atomic E-state index is 0. The summed E-state index contributed by atoms with van der Waals surface area (Å²) >= 11 is 0. The maximum Gasteiger partial charge on any atom is 2.00 e. The third kappa shape index (κ3) is 12.2. The van der Waals surface area contributed by atoms with Crippen molar-refractivity contribution < 1.29 is 34.1 Å². The van der Waals surface area contributed by atoms with Gasteiger partial charge in [-0.15, -0.1) is 0 Å². The fourth-order valence-corrected chi connectivity index (χ4v) is 3.36. The predicted octanol–water partition coefficient (Wildman–Crippen LogP) is 8.42. The normalized spacial score (nSPS) is 9.40. The third-order valence-corrected chi connectivity index (χ3v) is 4.89. The Morgan fingerprint density at radius 1 is 0.600 bits per heavy atom. The van der Waals surface area contributed by atoms with Crippen LogP contribution in [0.2, 0.25) is 0 Å². The first-order valence-corrected chi connectivity index (χ1v) is 10.7. The van der Waals surface area contributed by atoms with Gasteiger partial charge in [0.15, 0.2) is 0 Å². The van der Waals surface area contributed by atoms with Gasteiger partial charge in [-0.1, -0.05) is 39.0 Å². The second kappa shape index (κ2) is 19.4. The van der Waals surface area contributed by atoms with Crippen LogP contribution in [0.15, 0.2) is 109 Å². The van der Waals surface area contributed by atoms with Crippen molar-refractivity contribution in [2.75, 3.05) is 0 Å². The first-order chi connectivity index (χ1) is 13.9. The molecule has 0 atom stereocenters. The zero-order valence-corrected chi connectivity index (χ0v) is 20.1. The van der Waals surface area contributed by atoms with Crippen LogP contribution in [0.3, 0.4) is 0 Å². The molecule has 0 bridgehead atoms. The van der Waals surface area contributed by atoms with Crippen molar-refractivity contribution in [3.05, 3.63) is 120 Å². The smallest absolute Gasteiger partial charge is 0.214 e. The SMILES string of the molecule is CCCCCCCC(c1ccc[cH-]1)c1ccc[cH-]1.[Fe+2].[Fe+2].c1cc[cH-]c1.c1cc[cH-]c1. The van der Waals surface area contributed by atoms with E-state index in [0.717, 1.165) is 0 Å². The van der Waals surface area contributed by atoms with Gasteiger partial charge in [0.25, 0.3) is 0 Å². The minimum atomic E-state index is 0. The van der Waals surface area contributed by atoms with E-state index in [-0.39, 0.29) is 34.1 Å². The molecular formula is C28H34Fe2. The molecule has 0 unspecified atom stereocenters. The summed E-state index contributed by atoms with van der Waals surface area (Å²) in [7, 11) is 0. The molecule has 0 saturated heterocycles. The van der Waals surface area contributed by atoms with Crippen LogP contribution in [-0.4, -0.2) is 0 Å². The summed E-state index contributed by atoms with van der Waals surface area (Å²) in [6, 6.07) is 37.7. The van der Waals surface area contributed by atoms with Crippen molar-refractivity contribution >= 4 is 0 Å². The Morgan fingerprint density at radius 3 is 1.40 bits per heavy atom. The monoisotopic (exact) mass is 482 g/mol. The Balaban J connectivity index is 0.000000575. The number of hydrogen-bond acceptors (Lipinski definition) is 0. The van der Waals surface area contributed by atoms with Gasteiger partial charge in [0.2, 0.25) is 0 Å². The van der Waals surface area contributed by atoms with Crippen molar-refractivity contribution in [2.24, 2.45) is 0 Å². The van der Waals surface area contributed by atoms with Crippen LogP contribution >= 0.6 is 0 Å². The molecule has 4 aromatic carbocycles. The molecule has 2 heteroatoms. The fraction of sp³-hybridized carbons (Fsp3) is 0.286. The molecule has 0 heterocycles. The molecule has 0 amide bonds. The van der Waals surface area contributed by atoms with Crippen molar-refractivity contribution in [3.8, 4) is 0 Å². The molecular weight excluding hydrogens is 448 g/mol. The van der Waals surface area contributed by atoms with Crippen molar-refractivity contribution in [1.82, 2.24) is 0 Å². The van der Waals surface area contributed by atoms with Crippen LogP contribution in [0.1, 0.15) is 62.5 Å². The van der Waals surface area contributed by atoms with E-state index in [0.29, 0.717) is 5.92 Å². The molecule has 0 saturated carbocycles. The summed E-state index contributed by atoms with van der Waals surface area (Å²) in [4.78, 5) is 0. The zero-order chi connectivity index (χ0) is 19.7. The minimum Gasteiger partial charge on any atom is -0.214 e. The van der Waals surface area contributed by atoms with Crippen LogP contribution in [0.5, 0.6) is 0 Å². The molecule has 4 rings (SSSR count). The van der Waals surface area contributed by atoms with Crippen molar-refractivity contribution in [3.63, 3.8) is 0 Å². The van der Waals surface area contributed by atoms with Gasteiger partial charge in [0.1, 0.15) is 0 Å².